The van der Waals surface area contributed by atoms with Crippen molar-refractivity contribution < 1.29 is 4.79 Å². The first-order valence-electron chi connectivity index (χ1n) is 4.10. The van der Waals surface area contributed by atoms with Crippen LogP contribution in [-0.2, 0) is 4.79 Å². The minimum absolute atomic E-state index is 0.0729. The van der Waals surface area contributed by atoms with E-state index in [-0.39, 0.29) is 11.7 Å². The Labute approximate surface area is 85.9 Å². The second-order valence-electron chi connectivity index (χ2n) is 2.96. The van der Waals surface area contributed by atoms with Crippen LogP contribution in [0.5, 0.6) is 0 Å². The molecule has 1 aromatic heterocycles. The number of aromatic nitrogens is 2. The van der Waals surface area contributed by atoms with Crippen LogP contribution in [0.3, 0.4) is 0 Å². The first kappa shape index (κ1) is 12.9. The van der Waals surface area contributed by atoms with Gasteiger partial charge >= 0.3 is 5.69 Å². The number of hydrogen-bond acceptors (Lipinski definition) is 4. The molecule has 0 atom stereocenters. The molecule has 1 heterocycles. The zero-order chi connectivity index (χ0) is 12.0. The van der Waals surface area contributed by atoms with Gasteiger partial charge in [0.15, 0.2) is 0 Å². The molecule has 84 valence electrons. The van der Waals surface area contributed by atoms with E-state index in [1.54, 1.807) is 14.1 Å². The van der Waals surface area contributed by atoms with Crippen molar-refractivity contribution in [2.75, 3.05) is 19.8 Å². The molecule has 7 nitrogen and oxygen atoms in total. The van der Waals surface area contributed by atoms with Gasteiger partial charge in [-0.2, -0.15) is 0 Å². The van der Waals surface area contributed by atoms with Crippen LogP contribution < -0.4 is 17.0 Å². The average molecular weight is 214 g/mol. The molecule has 0 aliphatic heterocycles. The number of aromatic amines is 2. The van der Waals surface area contributed by atoms with Crippen molar-refractivity contribution >= 4 is 11.7 Å². The van der Waals surface area contributed by atoms with E-state index in [9.17, 15) is 14.4 Å². The summed E-state index contributed by atoms with van der Waals surface area (Å²) in [5, 5.41) is 0. The summed E-state index contributed by atoms with van der Waals surface area (Å²) in [6.45, 7) is 1.53. The molecule has 0 unspecified atom stereocenters. The standard InChI is InChI=1S/C4H5N3O2.C4H9NO/c5-2-1-3(8)7-4(9)6-2;1-4(6)5(2)3/h1H,(H4,5,6,7,8,9);1-3H3. The van der Waals surface area contributed by atoms with E-state index >= 15 is 0 Å². The van der Waals surface area contributed by atoms with Crippen LogP contribution in [0.4, 0.5) is 5.82 Å². The smallest absolute Gasteiger partial charge is 0.327 e. The zero-order valence-electron chi connectivity index (χ0n) is 8.83. The Morgan fingerprint density at radius 1 is 1.33 bits per heavy atom. The normalized spacial score (nSPS) is 8.73. The molecule has 1 aromatic rings. The lowest BCUT2D eigenvalue weighted by molar-refractivity contribution is -0.126. The number of nitrogens with zero attached hydrogens (tertiary/aromatic N) is 1. The Morgan fingerprint density at radius 3 is 2.07 bits per heavy atom. The Morgan fingerprint density at radius 2 is 1.80 bits per heavy atom. The molecule has 0 aliphatic carbocycles. The first-order chi connectivity index (χ1) is 6.82. The van der Waals surface area contributed by atoms with Crippen LogP contribution in [0.25, 0.3) is 0 Å². The Bertz CT molecular complexity index is 404. The predicted molar refractivity (Wildman–Crippen MR) is 56.5 cm³/mol. The summed E-state index contributed by atoms with van der Waals surface area (Å²) in [6.07, 6.45) is 0. The van der Waals surface area contributed by atoms with Gasteiger partial charge in [-0.3, -0.25) is 19.6 Å². The zero-order valence-corrected chi connectivity index (χ0v) is 8.83. The quantitative estimate of drug-likeness (QED) is 0.500. The van der Waals surface area contributed by atoms with Crippen molar-refractivity contribution in [3.8, 4) is 0 Å². The fraction of sp³-hybridized carbons (Fsp3) is 0.375. The predicted octanol–water partition coefficient (Wildman–Crippen LogP) is -1.26. The van der Waals surface area contributed by atoms with Crippen molar-refractivity contribution in [3.05, 3.63) is 26.9 Å². The van der Waals surface area contributed by atoms with Crippen molar-refractivity contribution in [1.82, 2.24) is 14.9 Å². The number of rotatable bonds is 0. The highest BCUT2D eigenvalue weighted by Gasteiger charge is 1.87. The topological polar surface area (TPSA) is 112 Å². The number of anilines is 1. The average Bonchev–Trinajstić information content (AvgIpc) is 2.01. The third kappa shape index (κ3) is 6.08. The summed E-state index contributed by atoms with van der Waals surface area (Å²) >= 11 is 0. The number of H-pyrrole nitrogens is 2. The molecule has 0 radical (unpaired) electrons. The fourth-order valence-electron chi connectivity index (χ4n) is 0.488. The third-order valence-electron chi connectivity index (χ3n) is 1.41. The largest absolute Gasteiger partial charge is 0.385 e. The van der Waals surface area contributed by atoms with E-state index < -0.39 is 11.2 Å². The van der Waals surface area contributed by atoms with Crippen LogP contribution in [0, 0.1) is 0 Å². The molecule has 7 heteroatoms. The van der Waals surface area contributed by atoms with Crippen LogP contribution in [-0.4, -0.2) is 34.9 Å². The van der Waals surface area contributed by atoms with Gasteiger partial charge in [0.05, 0.1) is 0 Å². The lowest BCUT2D eigenvalue weighted by atomic mass is 10.6. The lowest BCUT2D eigenvalue weighted by Crippen LogP contribution is -2.22. The highest BCUT2D eigenvalue weighted by molar-refractivity contribution is 5.72. The monoisotopic (exact) mass is 214 g/mol. The van der Waals surface area contributed by atoms with E-state index in [0.717, 1.165) is 6.07 Å². The molecule has 0 aliphatic rings. The molecule has 15 heavy (non-hydrogen) atoms. The Hall–Kier alpha value is -2.05. The van der Waals surface area contributed by atoms with Crippen LogP contribution >= 0.6 is 0 Å². The molecule has 0 aromatic carbocycles. The summed E-state index contributed by atoms with van der Waals surface area (Å²) in [5.74, 6) is 0.166. The maximum Gasteiger partial charge on any atom is 0.327 e. The third-order valence-corrected chi connectivity index (χ3v) is 1.41. The molecule has 0 bridgehead atoms. The number of hydrogen-bond donors (Lipinski definition) is 3. The molecular weight excluding hydrogens is 200 g/mol. The molecule has 1 amide bonds. The maximum atomic E-state index is 10.4. The van der Waals surface area contributed by atoms with Gasteiger partial charge in [0.1, 0.15) is 5.82 Å². The molecular formula is C8H14N4O3. The SMILES string of the molecule is CC(=O)N(C)C.Nc1cc(=O)[nH]c(=O)[nH]1. The second kappa shape index (κ2) is 5.63. The van der Waals surface area contributed by atoms with E-state index in [0.29, 0.717) is 0 Å². The summed E-state index contributed by atoms with van der Waals surface area (Å²) in [7, 11) is 3.45. The molecule has 0 fully saturated rings. The molecule has 0 saturated heterocycles. The van der Waals surface area contributed by atoms with Gasteiger partial charge in [-0.25, -0.2) is 4.79 Å². The van der Waals surface area contributed by atoms with E-state index in [4.69, 9.17) is 5.73 Å². The number of nitrogen functional groups attached to an aromatic ring is 1. The number of amides is 1. The van der Waals surface area contributed by atoms with Crippen molar-refractivity contribution in [2.24, 2.45) is 0 Å². The van der Waals surface area contributed by atoms with Crippen LogP contribution in [0.1, 0.15) is 6.92 Å². The van der Waals surface area contributed by atoms with E-state index in [1.807, 2.05) is 4.98 Å². The summed E-state index contributed by atoms with van der Waals surface area (Å²) in [5.41, 5.74) is 4.01. The Kier molecular flexibility index (Phi) is 4.86. The van der Waals surface area contributed by atoms with E-state index in [1.165, 1.54) is 11.8 Å². The number of carbonyl (C=O) groups excluding carboxylic acids is 1. The van der Waals surface area contributed by atoms with Crippen molar-refractivity contribution in [1.29, 1.82) is 0 Å². The van der Waals surface area contributed by atoms with Gasteiger partial charge in [0, 0.05) is 27.1 Å². The maximum absolute atomic E-state index is 10.4. The van der Waals surface area contributed by atoms with Crippen molar-refractivity contribution in [3.63, 3.8) is 0 Å². The van der Waals surface area contributed by atoms with Crippen molar-refractivity contribution in [2.45, 2.75) is 6.92 Å². The van der Waals surface area contributed by atoms with Crippen LogP contribution in [0.15, 0.2) is 15.7 Å². The molecule has 0 saturated carbocycles. The highest BCUT2D eigenvalue weighted by atomic mass is 16.2. The molecule has 1 rings (SSSR count). The molecule has 0 spiro atoms. The Balaban J connectivity index is 0.000000288. The summed E-state index contributed by atoms with van der Waals surface area (Å²) < 4.78 is 0. The van der Waals surface area contributed by atoms with Crippen LogP contribution in [0.2, 0.25) is 0 Å². The summed E-state index contributed by atoms with van der Waals surface area (Å²) in [6, 6.07) is 1.10. The number of nitrogens with two attached hydrogens (primary N) is 1. The minimum Gasteiger partial charge on any atom is -0.385 e. The second-order valence-corrected chi connectivity index (χ2v) is 2.96. The van der Waals surface area contributed by atoms with E-state index in [2.05, 4.69) is 4.98 Å². The van der Waals surface area contributed by atoms with Gasteiger partial charge in [-0.15, -0.1) is 0 Å². The number of nitrogens with one attached hydrogen (secondary N) is 2. The minimum atomic E-state index is -0.583. The first-order valence-corrected chi connectivity index (χ1v) is 4.10. The van der Waals surface area contributed by atoms with Gasteiger partial charge in [0.25, 0.3) is 5.56 Å². The van der Waals surface area contributed by atoms with Gasteiger partial charge in [-0.05, 0) is 0 Å². The fourth-order valence-corrected chi connectivity index (χ4v) is 0.488. The van der Waals surface area contributed by atoms with Gasteiger partial charge in [-0.1, -0.05) is 0 Å². The van der Waals surface area contributed by atoms with Gasteiger partial charge in [0.2, 0.25) is 5.91 Å². The van der Waals surface area contributed by atoms with Gasteiger partial charge < -0.3 is 10.6 Å². The highest BCUT2D eigenvalue weighted by Crippen LogP contribution is 1.77. The molecule has 4 N–H and O–H groups in total. The number of carbonyl (C=O) groups is 1. The lowest BCUT2D eigenvalue weighted by Gasteiger charge is -2.02. The summed E-state index contributed by atoms with van der Waals surface area (Å²) in [4.78, 5) is 36.4.